The molecule has 1 amide bonds. The molecule has 1 aliphatic carbocycles. The SMILES string of the molecule is C[C@H]1CN(C(=O)[C@@H]2CC[C@@H](Nc3ncc4c(Br)nn(-c5ccc6ncccc6c5)c4n3)C2)C[C@H](C)N1. The molecule has 0 spiro atoms. The van der Waals surface area contributed by atoms with Crippen molar-refractivity contribution in [1.82, 2.24) is 34.9 Å². The van der Waals surface area contributed by atoms with Gasteiger partial charge in [0.25, 0.3) is 0 Å². The number of nitrogens with zero attached hydrogens (tertiary/aromatic N) is 6. The third-order valence-corrected chi connectivity index (χ3v) is 7.78. The molecule has 4 atom stereocenters. The zero-order valence-corrected chi connectivity index (χ0v) is 21.9. The zero-order chi connectivity index (χ0) is 24.8. The Morgan fingerprint density at radius 1 is 1.14 bits per heavy atom. The molecule has 1 aromatic carbocycles. The van der Waals surface area contributed by atoms with Gasteiger partial charge in [-0.25, -0.2) is 9.67 Å². The lowest BCUT2D eigenvalue weighted by Crippen LogP contribution is -2.56. The first-order valence-electron chi connectivity index (χ1n) is 12.5. The molecule has 1 aliphatic heterocycles. The van der Waals surface area contributed by atoms with Gasteiger partial charge in [-0.1, -0.05) is 6.07 Å². The second-order valence-corrected chi connectivity index (χ2v) is 10.8. The third-order valence-electron chi connectivity index (χ3n) is 7.19. The minimum Gasteiger partial charge on any atom is -0.351 e. The Morgan fingerprint density at radius 2 is 1.97 bits per heavy atom. The molecule has 2 aliphatic rings. The number of piperazine rings is 1. The van der Waals surface area contributed by atoms with Crippen LogP contribution in [0.25, 0.3) is 27.6 Å². The topological polar surface area (TPSA) is 101 Å². The number of fused-ring (bicyclic) bond motifs is 2. The van der Waals surface area contributed by atoms with Gasteiger partial charge in [-0.3, -0.25) is 9.78 Å². The van der Waals surface area contributed by atoms with Crippen molar-refractivity contribution < 1.29 is 4.79 Å². The summed E-state index contributed by atoms with van der Waals surface area (Å²) in [7, 11) is 0. The van der Waals surface area contributed by atoms with Gasteiger partial charge in [0.1, 0.15) is 4.60 Å². The van der Waals surface area contributed by atoms with Crippen LogP contribution >= 0.6 is 15.9 Å². The standard InChI is InChI=1S/C26H29BrN8O/c1-15-13-34(14-16(2)30-15)25(36)18-5-6-19(10-18)31-26-29-12-21-23(27)33-35(24(21)32-26)20-7-8-22-17(11-20)4-3-9-28-22/h3-4,7-9,11-12,15-16,18-19,30H,5-6,10,13-14H2,1-2H3,(H,29,31,32)/t15-,16-,18+,19+/m0/s1. The fraction of sp³-hybridized carbons (Fsp3) is 0.423. The molecule has 4 heterocycles. The van der Waals surface area contributed by atoms with Gasteiger partial charge in [0.2, 0.25) is 11.9 Å². The maximum absolute atomic E-state index is 13.2. The second kappa shape index (κ2) is 9.40. The third kappa shape index (κ3) is 4.43. The highest BCUT2D eigenvalue weighted by atomic mass is 79.9. The van der Waals surface area contributed by atoms with Crippen molar-refractivity contribution in [3.8, 4) is 5.69 Å². The van der Waals surface area contributed by atoms with Crippen LogP contribution in [0.1, 0.15) is 33.1 Å². The molecular weight excluding hydrogens is 520 g/mol. The van der Waals surface area contributed by atoms with Crippen LogP contribution in [-0.2, 0) is 4.79 Å². The van der Waals surface area contributed by atoms with Gasteiger partial charge in [-0.05, 0) is 73.3 Å². The van der Waals surface area contributed by atoms with Crippen LogP contribution in [0.15, 0.2) is 47.3 Å². The average Bonchev–Trinajstić information content (AvgIpc) is 3.47. The fourth-order valence-electron chi connectivity index (χ4n) is 5.60. The van der Waals surface area contributed by atoms with Crippen LogP contribution in [-0.4, -0.2) is 66.8 Å². The molecule has 1 saturated heterocycles. The number of hydrogen-bond acceptors (Lipinski definition) is 7. The van der Waals surface area contributed by atoms with Gasteiger partial charge >= 0.3 is 0 Å². The van der Waals surface area contributed by atoms with E-state index < -0.39 is 0 Å². The van der Waals surface area contributed by atoms with Crippen LogP contribution in [0.5, 0.6) is 0 Å². The molecule has 0 unspecified atom stereocenters. The van der Waals surface area contributed by atoms with Crippen molar-refractivity contribution >= 4 is 49.7 Å². The van der Waals surface area contributed by atoms with E-state index in [9.17, 15) is 4.79 Å². The number of anilines is 1. The molecule has 0 bridgehead atoms. The lowest BCUT2D eigenvalue weighted by Gasteiger charge is -2.37. The lowest BCUT2D eigenvalue weighted by atomic mass is 10.0. The monoisotopic (exact) mass is 548 g/mol. The molecule has 2 N–H and O–H groups in total. The molecule has 0 radical (unpaired) electrons. The van der Waals surface area contributed by atoms with Crippen LogP contribution in [0.2, 0.25) is 0 Å². The number of benzene rings is 1. The summed E-state index contributed by atoms with van der Waals surface area (Å²) in [6.45, 7) is 5.84. The Kier molecular flexibility index (Phi) is 6.08. The van der Waals surface area contributed by atoms with E-state index in [-0.39, 0.29) is 17.9 Å². The molecule has 4 aromatic rings. The van der Waals surface area contributed by atoms with Crippen molar-refractivity contribution in [2.45, 2.75) is 51.2 Å². The highest BCUT2D eigenvalue weighted by Crippen LogP contribution is 2.31. The van der Waals surface area contributed by atoms with Gasteiger partial charge in [0.15, 0.2) is 5.65 Å². The zero-order valence-electron chi connectivity index (χ0n) is 20.4. The molecule has 36 heavy (non-hydrogen) atoms. The van der Waals surface area contributed by atoms with Crippen LogP contribution < -0.4 is 10.6 Å². The number of hydrogen-bond donors (Lipinski definition) is 2. The fourth-order valence-corrected chi connectivity index (χ4v) is 6.04. The molecular formula is C26H29BrN8O. The van der Waals surface area contributed by atoms with E-state index in [0.717, 1.165) is 60.0 Å². The maximum atomic E-state index is 13.2. The summed E-state index contributed by atoms with van der Waals surface area (Å²) >= 11 is 3.56. The molecule has 6 rings (SSSR count). The summed E-state index contributed by atoms with van der Waals surface area (Å²) in [5, 5.41) is 13.5. The molecule has 1 saturated carbocycles. The summed E-state index contributed by atoms with van der Waals surface area (Å²) in [6, 6.07) is 10.8. The predicted octanol–water partition coefficient (Wildman–Crippen LogP) is 3.92. The van der Waals surface area contributed by atoms with Crippen molar-refractivity contribution in [2.24, 2.45) is 5.92 Å². The highest BCUT2D eigenvalue weighted by molar-refractivity contribution is 9.10. The van der Waals surface area contributed by atoms with Gasteiger partial charge in [0.05, 0.1) is 16.6 Å². The quantitative estimate of drug-likeness (QED) is 0.398. The Bertz CT molecular complexity index is 1430. The Balaban J connectivity index is 1.21. The summed E-state index contributed by atoms with van der Waals surface area (Å²) in [6.07, 6.45) is 6.20. The van der Waals surface area contributed by atoms with Crippen molar-refractivity contribution in [3.63, 3.8) is 0 Å². The number of aromatic nitrogens is 5. The predicted molar refractivity (Wildman–Crippen MR) is 143 cm³/mol. The van der Waals surface area contributed by atoms with Gasteiger partial charge in [-0.2, -0.15) is 10.1 Å². The Labute approximate surface area is 217 Å². The summed E-state index contributed by atoms with van der Waals surface area (Å²) in [4.78, 5) is 29.0. The Morgan fingerprint density at radius 3 is 2.81 bits per heavy atom. The van der Waals surface area contributed by atoms with E-state index in [1.54, 1.807) is 12.4 Å². The highest BCUT2D eigenvalue weighted by Gasteiger charge is 2.35. The average molecular weight is 549 g/mol. The van der Waals surface area contributed by atoms with Gasteiger partial charge in [0, 0.05) is 54.9 Å². The number of rotatable bonds is 4. The number of amides is 1. The van der Waals surface area contributed by atoms with Gasteiger partial charge in [-0.15, -0.1) is 0 Å². The summed E-state index contributed by atoms with van der Waals surface area (Å²) in [5.74, 6) is 0.888. The number of carbonyl (C=O) groups excluding carboxylic acids is 1. The first kappa shape index (κ1) is 23.3. The number of carbonyl (C=O) groups is 1. The van der Waals surface area contributed by atoms with E-state index in [1.165, 1.54) is 0 Å². The molecule has 10 heteroatoms. The van der Waals surface area contributed by atoms with E-state index in [2.05, 4.69) is 61.5 Å². The van der Waals surface area contributed by atoms with E-state index in [0.29, 0.717) is 22.6 Å². The second-order valence-electron chi connectivity index (χ2n) is 10.1. The summed E-state index contributed by atoms with van der Waals surface area (Å²) < 4.78 is 2.52. The maximum Gasteiger partial charge on any atom is 0.225 e. The lowest BCUT2D eigenvalue weighted by molar-refractivity contribution is -0.137. The minimum absolute atomic E-state index is 0.0506. The molecule has 2 fully saturated rings. The van der Waals surface area contributed by atoms with Crippen molar-refractivity contribution in [1.29, 1.82) is 0 Å². The molecule has 186 valence electrons. The van der Waals surface area contributed by atoms with Crippen LogP contribution in [0.3, 0.4) is 0 Å². The smallest absolute Gasteiger partial charge is 0.225 e. The molecule has 9 nitrogen and oxygen atoms in total. The first-order chi connectivity index (χ1) is 17.4. The van der Waals surface area contributed by atoms with E-state index in [1.807, 2.05) is 33.8 Å². The van der Waals surface area contributed by atoms with Crippen LogP contribution in [0, 0.1) is 5.92 Å². The minimum atomic E-state index is 0.0506. The summed E-state index contributed by atoms with van der Waals surface area (Å²) in [5.41, 5.74) is 2.56. The Hall–Kier alpha value is -3.11. The normalized spacial score (nSPS) is 24.5. The molecule has 3 aromatic heterocycles. The number of halogens is 1. The largest absolute Gasteiger partial charge is 0.351 e. The van der Waals surface area contributed by atoms with Crippen molar-refractivity contribution in [3.05, 3.63) is 47.3 Å². The first-order valence-corrected chi connectivity index (χ1v) is 13.3. The van der Waals surface area contributed by atoms with Crippen molar-refractivity contribution in [2.75, 3.05) is 18.4 Å². The van der Waals surface area contributed by atoms with Crippen LogP contribution in [0.4, 0.5) is 5.95 Å². The van der Waals surface area contributed by atoms with E-state index >= 15 is 0 Å². The number of pyridine rings is 1. The van der Waals surface area contributed by atoms with Gasteiger partial charge < -0.3 is 15.5 Å². The van der Waals surface area contributed by atoms with E-state index in [4.69, 9.17) is 4.98 Å². The number of nitrogens with one attached hydrogen (secondary N) is 2.